The van der Waals surface area contributed by atoms with Gasteiger partial charge in [-0.15, -0.1) is 0 Å². The van der Waals surface area contributed by atoms with E-state index in [1.807, 2.05) is 0 Å². The molecule has 2 N–H and O–H groups in total. The third kappa shape index (κ3) is 5.23. The van der Waals surface area contributed by atoms with Gasteiger partial charge < -0.3 is 10.6 Å². The van der Waals surface area contributed by atoms with Crippen LogP contribution in [-0.4, -0.2) is 62.3 Å². The molecule has 1 aliphatic heterocycles. The number of rotatable bonds is 7. The number of anilines is 1. The highest BCUT2D eigenvalue weighted by atomic mass is 32.2. The SMILES string of the molecule is CN1N=C(C(=O)NCCNc2ccc(S(C)(=O)=O)cc2[N+](=O)[O-])CCC1=O. The Morgan fingerprint density at radius 3 is 2.63 bits per heavy atom. The molecule has 11 nitrogen and oxygen atoms in total. The first-order valence-corrected chi connectivity index (χ1v) is 9.83. The lowest BCUT2D eigenvalue weighted by atomic mass is 10.1. The predicted octanol–water partition coefficient (Wildman–Crippen LogP) is 0.135. The normalized spacial score (nSPS) is 14.5. The number of nitrogens with one attached hydrogen (secondary N) is 2. The molecule has 1 heterocycles. The van der Waals surface area contributed by atoms with E-state index in [0.717, 1.165) is 17.3 Å². The van der Waals surface area contributed by atoms with Crippen LogP contribution >= 0.6 is 0 Å². The predicted molar refractivity (Wildman–Crippen MR) is 97.1 cm³/mol. The summed E-state index contributed by atoms with van der Waals surface area (Å²) in [5.41, 5.74) is 0.00335. The first-order chi connectivity index (χ1) is 12.6. The van der Waals surface area contributed by atoms with Gasteiger partial charge in [0.25, 0.3) is 11.6 Å². The molecule has 0 spiro atoms. The Hall–Kier alpha value is -3.02. The molecule has 0 radical (unpaired) electrons. The van der Waals surface area contributed by atoms with Crippen molar-refractivity contribution in [2.45, 2.75) is 17.7 Å². The van der Waals surface area contributed by atoms with Crippen molar-refractivity contribution in [1.82, 2.24) is 10.3 Å². The molecule has 27 heavy (non-hydrogen) atoms. The summed E-state index contributed by atoms with van der Waals surface area (Å²) in [6.45, 7) is 0.327. The second-order valence-electron chi connectivity index (χ2n) is 5.85. The third-order valence-corrected chi connectivity index (χ3v) is 4.90. The third-order valence-electron chi connectivity index (χ3n) is 3.79. The topological polar surface area (TPSA) is 151 Å². The average molecular weight is 397 g/mol. The van der Waals surface area contributed by atoms with E-state index in [0.29, 0.717) is 0 Å². The molecule has 146 valence electrons. The van der Waals surface area contributed by atoms with Crippen molar-refractivity contribution in [2.24, 2.45) is 5.10 Å². The lowest BCUT2D eigenvalue weighted by Crippen LogP contribution is -2.39. The highest BCUT2D eigenvalue weighted by Crippen LogP contribution is 2.27. The quantitative estimate of drug-likeness (QED) is 0.377. The van der Waals surface area contributed by atoms with E-state index in [2.05, 4.69) is 15.7 Å². The Bertz CT molecular complexity index is 911. The van der Waals surface area contributed by atoms with Gasteiger partial charge in [-0.2, -0.15) is 5.10 Å². The van der Waals surface area contributed by atoms with Crippen LogP contribution in [0.2, 0.25) is 0 Å². The van der Waals surface area contributed by atoms with Crippen LogP contribution in [0.1, 0.15) is 12.8 Å². The molecule has 0 saturated heterocycles. The highest BCUT2D eigenvalue weighted by molar-refractivity contribution is 7.90. The summed E-state index contributed by atoms with van der Waals surface area (Å²) >= 11 is 0. The maximum Gasteiger partial charge on any atom is 0.293 e. The van der Waals surface area contributed by atoms with Gasteiger partial charge in [-0.3, -0.25) is 19.7 Å². The van der Waals surface area contributed by atoms with Gasteiger partial charge in [0.15, 0.2) is 9.84 Å². The van der Waals surface area contributed by atoms with Crippen LogP contribution in [0, 0.1) is 10.1 Å². The number of nitro benzene ring substituents is 1. The van der Waals surface area contributed by atoms with Crippen molar-refractivity contribution in [3.8, 4) is 0 Å². The van der Waals surface area contributed by atoms with Crippen LogP contribution in [0.5, 0.6) is 0 Å². The maximum atomic E-state index is 12.0. The summed E-state index contributed by atoms with van der Waals surface area (Å²) in [6.07, 6.45) is 1.43. The van der Waals surface area contributed by atoms with Crippen LogP contribution in [0.4, 0.5) is 11.4 Å². The van der Waals surface area contributed by atoms with E-state index < -0.39 is 20.7 Å². The summed E-state index contributed by atoms with van der Waals surface area (Å²) in [7, 11) is -2.10. The van der Waals surface area contributed by atoms with Gasteiger partial charge in [0, 0.05) is 45.3 Å². The van der Waals surface area contributed by atoms with Gasteiger partial charge in [-0.1, -0.05) is 0 Å². The molecule has 0 fully saturated rings. The summed E-state index contributed by atoms with van der Waals surface area (Å²) in [4.78, 5) is 33.7. The van der Waals surface area contributed by atoms with Crippen molar-refractivity contribution in [3.05, 3.63) is 28.3 Å². The molecule has 2 rings (SSSR count). The van der Waals surface area contributed by atoms with Crippen molar-refractivity contribution in [1.29, 1.82) is 0 Å². The fourth-order valence-electron chi connectivity index (χ4n) is 2.35. The molecule has 0 bridgehead atoms. The van der Waals surface area contributed by atoms with Crippen LogP contribution < -0.4 is 10.6 Å². The van der Waals surface area contributed by atoms with Crippen molar-refractivity contribution in [2.75, 3.05) is 31.7 Å². The van der Waals surface area contributed by atoms with Gasteiger partial charge >= 0.3 is 0 Å². The van der Waals surface area contributed by atoms with Gasteiger partial charge in [0.2, 0.25) is 5.91 Å². The molecule has 0 aliphatic carbocycles. The smallest absolute Gasteiger partial charge is 0.293 e. The number of hydrogen-bond acceptors (Lipinski definition) is 8. The van der Waals surface area contributed by atoms with Crippen LogP contribution in [0.25, 0.3) is 0 Å². The van der Waals surface area contributed by atoms with E-state index in [1.54, 1.807) is 0 Å². The van der Waals surface area contributed by atoms with Gasteiger partial charge in [0.05, 0.1) is 9.82 Å². The summed E-state index contributed by atoms with van der Waals surface area (Å²) in [6, 6.07) is 3.56. The van der Waals surface area contributed by atoms with Crippen LogP contribution in [0.15, 0.2) is 28.2 Å². The van der Waals surface area contributed by atoms with Gasteiger partial charge in [0.1, 0.15) is 11.4 Å². The molecular weight excluding hydrogens is 378 g/mol. The molecule has 1 aliphatic rings. The number of carbonyl (C=O) groups is 2. The van der Waals surface area contributed by atoms with E-state index in [1.165, 1.54) is 19.2 Å². The molecule has 0 saturated carbocycles. The standard InChI is InChI=1S/C15H19N5O6S/c1-19-14(21)6-5-12(18-19)15(22)17-8-7-16-11-4-3-10(27(2,25)26)9-13(11)20(23)24/h3-4,9,16H,5-8H2,1-2H3,(H,17,22). The molecule has 2 amide bonds. The Balaban J connectivity index is 1.95. The lowest BCUT2D eigenvalue weighted by molar-refractivity contribution is -0.384. The molecular formula is C15H19N5O6S. The van der Waals surface area contributed by atoms with E-state index >= 15 is 0 Å². The fraction of sp³-hybridized carbons (Fsp3) is 0.400. The minimum Gasteiger partial charge on any atom is -0.378 e. The fourth-order valence-corrected chi connectivity index (χ4v) is 2.99. The first kappa shape index (κ1) is 20.3. The zero-order valence-corrected chi connectivity index (χ0v) is 15.6. The number of hydrogen-bond donors (Lipinski definition) is 2. The van der Waals surface area contributed by atoms with Gasteiger partial charge in [-0.25, -0.2) is 13.4 Å². The number of nitro groups is 1. The van der Waals surface area contributed by atoms with E-state index in [4.69, 9.17) is 0 Å². The van der Waals surface area contributed by atoms with E-state index in [9.17, 15) is 28.1 Å². The number of nitrogens with zero attached hydrogens (tertiary/aromatic N) is 3. The number of carbonyl (C=O) groups excluding carboxylic acids is 2. The Morgan fingerprint density at radius 2 is 2.04 bits per heavy atom. The average Bonchev–Trinajstić information content (AvgIpc) is 2.59. The van der Waals surface area contributed by atoms with Crippen molar-refractivity contribution in [3.63, 3.8) is 0 Å². The number of amides is 2. The minimum absolute atomic E-state index is 0.141. The Labute approximate surface area is 155 Å². The van der Waals surface area contributed by atoms with Crippen molar-refractivity contribution >= 4 is 38.7 Å². The number of benzene rings is 1. The first-order valence-electron chi connectivity index (χ1n) is 7.94. The number of hydrazone groups is 1. The monoisotopic (exact) mass is 397 g/mol. The Kier molecular flexibility index (Phi) is 6.10. The largest absolute Gasteiger partial charge is 0.378 e. The van der Waals surface area contributed by atoms with Crippen LogP contribution in [0.3, 0.4) is 0 Å². The molecule has 1 aromatic rings. The second kappa shape index (κ2) is 8.12. The van der Waals surface area contributed by atoms with Crippen molar-refractivity contribution < 1.29 is 22.9 Å². The van der Waals surface area contributed by atoms with Gasteiger partial charge in [-0.05, 0) is 12.1 Å². The molecule has 12 heteroatoms. The summed E-state index contributed by atoms with van der Waals surface area (Å²) < 4.78 is 23.0. The zero-order chi connectivity index (χ0) is 20.2. The molecule has 1 aromatic carbocycles. The summed E-state index contributed by atoms with van der Waals surface area (Å²) in [5, 5.41) is 21.6. The molecule has 0 atom stereocenters. The minimum atomic E-state index is -3.56. The maximum absolute atomic E-state index is 12.0. The van der Waals surface area contributed by atoms with Crippen LogP contribution in [-0.2, 0) is 19.4 Å². The van der Waals surface area contributed by atoms with E-state index in [-0.39, 0.29) is 53.8 Å². The second-order valence-corrected chi connectivity index (χ2v) is 7.87. The number of sulfone groups is 1. The lowest BCUT2D eigenvalue weighted by Gasteiger charge is -2.19. The molecule has 0 aromatic heterocycles. The molecule has 0 unspecified atom stereocenters. The Morgan fingerprint density at radius 1 is 1.33 bits per heavy atom. The highest BCUT2D eigenvalue weighted by Gasteiger charge is 2.22. The zero-order valence-electron chi connectivity index (χ0n) is 14.8. The summed E-state index contributed by atoms with van der Waals surface area (Å²) in [5.74, 6) is -0.587.